The predicted octanol–water partition coefficient (Wildman–Crippen LogP) is 5.52. The van der Waals surface area contributed by atoms with E-state index in [1.165, 1.54) is 0 Å². The molecule has 170 valence electrons. The minimum absolute atomic E-state index is 0.0688. The van der Waals surface area contributed by atoms with Gasteiger partial charge in [0.15, 0.2) is 0 Å². The Balaban J connectivity index is 1.48. The van der Waals surface area contributed by atoms with Crippen molar-refractivity contribution in [1.82, 2.24) is 14.5 Å². The van der Waals surface area contributed by atoms with Crippen molar-refractivity contribution in [3.63, 3.8) is 0 Å². The molecule has 2 heterocycles. The zero-order valence-corrected chi connectivity index (χ0v) is 19.0. The Kier molecular flexibility index (Phi) is 7.10. The first-order chi connectivity index (χ1) is 16.0. The number of rotatable bonds is 10. The van der Waals surface area contributed by atoms with E-state index in [0.717, 1.165) is 28.4 Å². The van der Waals surface area contributed by atoms with Crippen molar-refractivity contribution in [3.05, 3.63) is 83.1 Å². The van der Waals surface area contributed by atoms with E-state index in [-0.39, 0.29) is 6.42 Å². The lowest BCUT2D eigenvalue weighted by Gasteiger charge is -2.10. The van der Waals surface area contributed by atoms with E-state index in [1.807, 2.05) is 61.7 Å². The van der Waals surface area contributed by atoms with Crippen molar-refractivity contribution in [1.29, 1.82) is 0 Å². The van der Waals surface area contributed by atoms with E-state index in [2.05, 4.69) is 4.98 Å². The molecule has 0 saturated heterocycles. The molecule has 0 spiro atoms. The zero-order chi connectivity index (χ0) is 23.2. The smallest absolute Gasteiger partial charge is 0.307 e. The summed E-state index contributed by atoms with van der Waals surface area (Å²) >= 11 is 6.05. The highest BCUT2D eigenvalue weighted by atomic mass is 35.5. The lowest BCUT2D eigenvalue weighted by molar-refractivity contribution is -0.136. The Labute approximate surface area is 196 Å². The molecule has 0 saturated carbocycles. The van der Waals surface area contributed by atoms with Gasteiger partial charge in [-0.25, -0.2) is 4.98 Å². The molecule has 0 atom stereocenters. The number of para-hydroxylation sites is 1. The Bertz CT molecular complexity index is 1230. The van der Waals surface area contributed by atoms with Crippen molar-refractivity contribution < 1.29 is 19.1 Å². The minimum Gasteiger partial charge on any atom is -0.493 e. The maximum atomic E-state index is 10.9. The molecule has 4 rings (SSSR count). The van der Waals surface area contributed by atoms with Gasteiger partial charge < -0.3 is 14.3 Å². The molecule has 8 heteroatoms. The Morgan fingerprint density at radius 2 is 1.94 bits per heavy atom. The SMILES string of the molecule is Cc1nccn1-c1nc(-c2ccc(Cl)cc2)c(CCCOc2ccccc2CCC(=O)O)o1. The molecule has 0 amide bonds. The first-order valence-electron chi connectivity index (χ1n) is 10.7. The van der Waals surface area contributed by atoms with Crippen molar-refractivity contribution in [2.24, 2.45) is 0 Å². The lowest BCUT2D eigenvalue weighted by Crippen LogP contribution is -2.04. The number of carboxylic acids is 1. The van der Waals surface area contributed by atoms with Crippen molar-refractivity contribution >= 4 is 17.6 Å². The Morgan fingerprint density at radius 1 is 1.15 bits per heavy atom. The molecule has 0 aliphatic carbocycles. The zero-order valence-electron chi connectivity index (χ0n) is 18.2. The van der Waals surface area contributed by atoms with Crippen LogP contribution in [0.3, 0.4) is 0 Å². The third-order valence-corrected chi connectivity index (χ3v) is 5.47. The summed E-state index contributed by atoms with van der Waals surface area (Å²) in [5.41, 5.74) is 2.57. The second-order valence-electron chi connectivity index (χ2n) is 7.57. The second-order valence-corrected chi connectivity index (χ2v) is 8.01. The Hall–Kier alpha value is -3.58. The van der Waals surface area contributed by atoms with Gasteiger partial charge in [-0.3, -0.25) is 9.36 Å². The van der Waals surface area contributed by atoms with Crippen LogP contribution in [0.1, 0.15) is 30.0 Å². The van der Waals surface area contributed by atoms with E-state index in [1.54, 1.807) is 10.8 Å². The summed E-state index contributed by atoms with van der Waals surface area (Å²) < 4.78 is 13.9. The van der Waals surface area contributed by atoms with Gasteiger partial charge in [0.2, 0.25) is 0 Å². The molecule has 33 heavy (non-hydrogen) atoms. The number of nitrogens with zero attached hydrogens (tertiary/aromatic N) is 3. The summed E-state index contributed by atoms with van der Waals surface area (Å²) in [5.74, 6) is 1.42. The van der Waals surface area contributed by atoms with Crippen LogP contribution in [0.2, 0.25) is 5.02 Å². The first kappa shape index (κ1) is 22.6. The third-order valence-electron chi connectivity index (χ3n) is 5.22. The number of hydrogen-bond acceptors (Lipinski definition) is 5. The lowest BCUT2D eigenvalue weighted by atomic mass is 10.1. The molecule has 7 nitrogen and oxygen atoms in total. The second kappa shape index (κ2) is 10.4. The summed E-state index contributed by atoms with van der Waals surface area (Å²) in [4.78, 5) is 19.9. The highest BCUT2D eigenvalue weighted by molar-refractivity contribution is 6.30. The molecule has 0 fully saturated rings. The number of oxazole rings is 1. The summed E-state index contributed by atoms with van der Waals surface area (Å²) in [7, 11) is 0. The van der Waals surface area contributed by atoms with Gasteiger partial charge in [0.25, 0.3) is 0 Å². The number of aliphatic carboxylic acids is 1. The van der Waals surface area contributed by atoms with E-state index in [4.69, 9.17) is 30.8 Å². The fraction of sp³-hybridized carbons (Fsp3) is 0.240. The van der Waals surface area contributed by atoms with Crippen LogP contribution >= 0.6 is 11.6 Å². The minimum atomic E-state index is -0.825. The van der Waals surface area contributed by atoms with Crippen LogP contribution in [0.15, 0.2) is 65.3 Å². The fourth-order valence-corrected chi connectivity index (χ4v) is 3.66. The van der Waals surface area contributed by atoms with E-state index in [9.17, 15) is 4.79 Å². The summed E-state index contributed by atoms with van der Waals surface area (Å²) in [5, 5.41) is 9.62. The number of imidazole rings is 1. The first-order valence-corrected chi connectivity index (χ1v) is 11.1. The maximum absolute atomic E-state index is 10.9. The van der Waals surface area contributed by atoms with Crippen LogP contribution in [0.5, 0.6) is 5.75 Å². The van der Waals surface area contributed by atoms with Gasteiger partial charge in [-0.2, -0.15) is 4.98 Å². The van der Waals surface area contributed by atoms with Gasteiger partial charge in [0.05, 0.1) is 6.61 Å². The normalized spacial score (nSPS) is 11.0. The average Bonchev–Trinajstić information content (AvgIpc) is 3.42. The van der Waals surface area contributed by atoms with Crippen LogP contribution in [-0.4, -0.2) is 32.2 Å². The molecule has 2 aromatic heterocycles. The highest BCUT2D eigenvalue weighted by Gasteiger charge is 2.17. The number of benzene rings is 2. The van der Waals surface area contributed by atoms with Gasteiger partial charge in [-0.15, -0.1) is 0 Å². The van der Waals surface area contributed by atoms with E-state index < -0.39 is 5.97 Å². The molecule has 4 aromatic rings. The number of hydrogen-bond donors (Lipinski definition) is 1. The summed E-state index contributed by atoms with van der Waals surface area (Å²) in [6.07, 6.45) is 5.34. The van der Waals surface area contributed by atoms with Gasteiger partial charge in [0, 0.05) is 35.8 Å². The number of aryl methyl sites for hydroxylation is 3. The fourth-order valence-electron chi connectivity index (χ4n) is 3.53. The predicted molar refractivity (Wildman–Crippen MR) is 125 cm³/mol. The molecular weight excluding hydrogens is 442 g/mol. The topological polar surface area (TPSA) is 90.4 Å². The van der Waals surface area contributed by atoms with E-state index in [0.29, 0.717) is 42.7 Å². The van der Waals surface area contributed by atoms with Gasteiger partial charge in [-0.05, 0) is 43.5 Å². The maximum Gasteiger partial charge on any atom is 0.307 e. The van der Waals surface area contributed by atoms with Crippen LogP contribution in [-0.2, 0) is 17.6 Å². The van der Waals surface area contributed by atoms with Crippen molar-refractivity contribution in [2.45, 2.75) is 32.6 Å². The van der Waals surface area contributed by atoms with Crippen LogP contribution in [0.25, 0.3) is 17.3 Å². The molecule has 1 N–H and O–H groups in total. The average molecular weight is 466 g/mol. The number of ether oxygens (including phenoxy) is 1. The molecule has 0 unspecified atom stereocenters. The quantitative estimate of drug-likeness (QED) is 0.310. The van der Waals surface area contributed by atoms with Crippen LogP contribution < -0.4 is 4.74 Å². The van der Waals surface area contributed by atoms with Gasteiger partial charge in [0.1, 0.15) is 23.0 Å². The highest BCUT2D eigenvalue weighted by Crippen LogP contribution is 2.28. The molecule has 0 radical (unpaired) electrons. The Morgan fingerprint density at radius 3 is 2.67 bits per heavy atom. The summed E-state index contributed by atoms with van der Waals surface area (Å²) in [6.45, 7) is 2.35. The molecular formula is C25H24ClN3O4. The van der Waals surface area contributed by atoms with Crippen molar-refractivity contribution in [3.8, 4) is 23.0 Å². The van der Waals surface area contributed by atoms with Crippen molar-refractivity contribution in [2.75, 3.05) is 6.61 Å². The molecule has 0 aliphatic heterocycles. The molecule has 2 aromatic carbocycles. The van der Waals surface area contributed by atoms with Gasteiger partial charge >= 0.3 is 12.0 Å². The van der Waals surface area contributed by atoms with Gasteiger partial charge in [-0.1, -0.05) is 41.9 Å². The molecule has 0 aliphatic rings. The number of carbonyl (C=O) groups is 1. The monoisotopic (exact) mass is 465 g/mol. The largest absolute Gasteiger partial charge is 0.493 e. The third kappa shape index (κ3) is 5.62. The molecule has 0 bridgehead atoms. The van der Waals surface area contributed by atoms with Crippen LogP contribution in [0.4, 0.5) is 0 Å². The summed E-state index contributed by atoms with van der Waals surface area (Å²) in [6, 6.07) is 15.5. The number of carboxylic acid groups (broad SMARTS) is 1. The van der Waals surface area contributed by atoms with Crippen LogP contribution in [0, 0.1) is 6.92 Å². The number of halogens is 1. The van der Waals surface area contributed by atoms with E-state index >= 15 is 0 Å². The standard InChI is InChI=1S/C25H24ClN3O4/c1-17-27-14-15-29(17)25-28-24(19-8-11-20(26)12-9-19)22(33-25)7-4-16-32-21-6-3-2-5-18(21)10-13-23(30)31/h2-3,5-6,8-9,11-12,14-15H,4,7,10,13,16H2,1H3,(H,30,31). The number of aromatic nitrogens is 3.